The highest BCUT2D eigenvalue weighted by atomic mass is 79.9. The molecule has 118 valence electrons. The lowest BCUT2D eigenvalue weighted by Gasteiger charge is -2.25. The number of benzene rings is 1. The highest BCUT2D eigenvalue weighted by Gasteiger charge is 2.37. The monoisotopic (exact) mass is 382 g/mol. The van der Waals surface area contributed by atoms with Gasteiger partial charge in [0.25, 0.3) is 0 Å². The molecule has 0 spiro atoms. The molecule has 1 fully saturated rings. The van der Waals surface area contributed by atoms with Crippen molar-refractivity contribution < 1.29 is 8.42 Å². The Morgan fingerprint density at radius 3 is 2.68 bits per heavy atom. The fourth-order valence-corrected chi connectivity index (χ4v) is 5.06. The number of hydrogen-bond acceptors (Lipinski definition) is 2. The van der Waals surface area contributed by atoms with Gasteiger partial charge in [0.15, 0.2) is 0 Å². The van der Waals surface area contributed by atoms with Crippen molar-refractivity contribution >= 4 is 26.0 Å². The summed E-state index contributed by atoms with van der Waals surface area (Å²) in [6, 6.07) is 9.10. The molecule has 3 rings (SSSR count). The van der Waals surface area contributed by atoms with E-state index in [1.54, 1.807) is 22.5 Å². The normalized spacial score (nSPS) is 19.7. The molecule has 2 heterocycles. The van der Waals surface area contributed by atoms with Crippen molar-refractivity contribution in [1.29, 1.82) is 0 Å². The van der Waals surface area contributed by atoms with Gasteiger partial charge in [0.1, 0.15) is 0 Å². The van der Waals surface area contributed by atoms with Gasteiger partial charge in [0.2, 0.25) is 10.0 Å². The molecule has 0 bridgehead atoms. The summed E-state index contributed by atoms with van der Waals surface area (Å²) in [7, 11) is -1.51. The van der Waals surface area contributed by atoms with Gasteiger partial charge < -0.3 is 4.57 Å². The van der Waals surface area contributed by atoms with Crippen molar-refractivity contribution in [3.8, 4) is 0 Å². The average Bonchev–Trinajstić information content (AvgIpc) is 3.10. The summed E-state index contributed by atoms with van der Waals surface area (Å²) in [5, 5.41) is 0. The number of sulfonamides is 1. The maximum absolute atomic E-state index is 13.0. The van der Waals surface area contributed by atoms with E-state index in [1.807, 2.05) is 36.9 Å². The average molecular weight is 383 g/mol. The van der Waals surface area contributed by atoms with Crippen LogP contribution >= 0.6 is 15.9 Å². The maximum Gasteiger partial charge on any atom is 0.243 e. The van der Waals surface area contributed by atoms with Gasteiger partial charge in [0, 0.05) is 30.0 Å². The van der Waals surface area contributed by atoms with Crippen LogP contribution in [0.2, 0.25) is 0 Å². The Morgan fingerprint density at radius 2 is 2.05 bits per heavy atom. The molecule has 1 unspecified atom stereocenters. The molecule has 0 amide bonds. The van der Waals surface area contributed by atoms with E-state index < -0.39 is 10.0 Å². The van der Waals surface area contributed by atoms with E-state index >= 15 is 0 Å². The van der Waals surface area contributed by atoms with Crippen LogP contribution in [-0.4, -0.2) is 23.8 Å². The largest absolute Gasteiger partial charge is 0.353 e. The predicted molar refractivity (Wildman–Crippen MR) is 90.2 cm³/mol. The van der Waals surface area contributed by atoms with Gasteiger partial charge in [-0.25, -0.2) is 8.42 Å². The first-order valence-electron chi connectivity index (χ1n) is 7.30. The van der Waals surface area contributed by atoms with Crippen LogP contribution in [0.1, 0.15) is 30.1 Å². The van der Waals surface area contributed by atoms with Gasteiger partial charge in [-0.3, -0.25) is 0 Å². The van der Waals surface area contributed by atoms with E-state index in [4.69, 9.17) is 0 Å². The van der Waals surface area contributed by atoms with E-state index in [1.165, 1.54) is 0 Å². The summed E-state index contributed by atoms with van der Waals surface area (Å²) in [5.41, 5.74) is 1.98. The molecule has 4 nitrogen and oxygen atoms in total. The van der Waals surface area contributed by atoms with Crippen molar-refractivity contribution in [2.75, 3.05) is 6.54 Å². The first-order chi connectivity index (χ1) is 10.4. The Morgan fingerprint density at radius 1 is 1.27 bits per heavy atom. The van der Waals surface area contributed by atoms with Gasteiger partial charge in [0.05, 0.1) is 10.9 Å². The molecule has 1 saturated heterocycles. The van der Waals surface area contributed by atoms with E-state index in [-0.39, 0.29) is 6.04 Å². The lowest BCUT2D eigenvalue weighted by molar-refractivity contribution is 0.384. The smallest absolute Gasteiger partial charge is 0.243 e. The maximum atomic E-state index is 13.0. The molecule has 1 aromatic carbocycles. The van der Waals surface area contributed by atoms with Crippen LogP contribution in [-0.2, 0) is 17.1 Å². The molecule has 1 aliphatic heterocycles. The van der Waals surface area contributed by atoms with Gasteiger partial charge in [-0.15, -0.1) is 0 Å². The molecule has 22 heavy (non-hydrogen) atoms. The number of aromatic nitrogens is 1. The Bertz CT molecular complexity index is 798. The Hall–Kier alpha value is -1.11. The minimum Gasteiger partial charge on any atom is -0.353 e. The standard InChI is InChI=1S/C16H19BrN2O2S/c1-12-11-13(7-8-14(12)17)22(20,21)19-10-4-6-16(19)15-5-3-9-18(15)2/h3,5,7-9,11,16H,4,6,10H2,1-2H3. The van der Waals surface area contributed by atoms with Gasteiger partial charge in [-0.05, 0) is 55.7 Å². The van der Waals surface area contributed by atoms with Crippen LogP contribution in [0.25, 0.3) is 0 Å². The number of aryl methyl sites for hydroxylation is 2. The first kappa shape index (κ1) is 15.8. The van der Waals surface area contributed by atoms with E-state index in [9.17, 15) is 8.42 Å². The number of hydrogen-bond donors (Lipinski definition) is 0. The van der Waals surface area contributed by atoms with Crippen LogP contribution < -0.4 is 0 Å². The minimum atomic E-state index is -3.47. The van der Waals surface area contributed by atoms with Crippen molar-refractivity contribution in [2.45, 2.75) is 30.7 Å². The van der Waals surface area contributed by atoms with Gasteiger partial charge in [-0.2, -0.15) is 4.31 Å². The van der Waals surface area contributed by atoms with E-state index in [0.29, 0.717) is 11.4 Å². The number of nitrogens with zero attached hydrogens (tertiary/aromatic N) is 2. The third-order valence-electron chi connectivity index (χ3n) is 4.27. The molecular weight excluding hydrogens is 364 g/mol. The Balaban J connectivity index is 2.00. The molecule has 1 aliphatic rings. The highest BCUT2D eigenvalue weighted by Crippen LogP contribution is 2.37. The molecule has 0 saturated carbocycles. The second kappa shape index (κ2) is 5.83. The molecule has 0 aliphatic carbocycles. The molecule has 1 atom stereocenters. The SMILES string of the molecule is Cc1cc(S(=O)(=O)N2CCCC2c2cccn2C)ccc1Br. The molecule has 2 aromatic rings. The topological polar surface area (TPSA) is 42.3 Å². The third-order valence-corrected chi connectivity index (χ3v) is 7.06. The summed E-state index contributed by atoms with van der Waals surface area (Å²) in [4.78, 5) is 0.370. The summed E-state index contributed by atoms with van der Waals surface area (Å²) in [6.45, 7) is 2.48. The van der Waals surface area contributed by atoms with Crippen molar-refractivity contribution in [2.24, 2.45) is 7.05 Å². The minimum absolute atomic E-state index is 0.0750. The van der Waals surface area contributed by atoms with Crippen LogP contribution in [0, 0.1) is 6.92 Å². The van der Waals surface area contributed by atoms with Gasteiger partial charge >= 0.3 is 0 Å². The lowest BCUT2D eigenvalue weighted by atomic mass is 10.1. The molecule has 0 N–H and O–H groups in total. The number of halogens is 1. The second-order valence-corrected chi connectivity index (χ2v) is 8.47. The zero-order chi connectivity index (χ0) is 15.9. The van der Waals surface area contributed by atoms with E-state index in [2.05, 4.69) is 15.9 Å². The van der Waals surface area contributed by atoms with Gasteiger partial charge in [-0.1, -0.05) is 15.9 Å². The quantitative estimate of drug-likeness (QED) is 0.813. The van der Waals surface area contributed by atoms with Crippen molar-refractivity contribution in [1.82, 2.24) is 8.87 Å². The summed E-state index contributed by atoms with van der Waals surface area (Å²) in [6.07, 6.45) is 3.72. The molecule has 0 radical (unpaired) electrons. The zero-order valence-corrected chi connectivity index (χ0v) is 15.1. The summed E-state index contributed by atoms with van der Waals surface area (Å²) in [5.74, 6) is 0. The van der Waals surface area contributed by atoms with Crippen LogP contribution in [0.3, 0.4) is 0 Å². The molecule has 1 aromatic heterocycles. The highest BCUT2D eigenvalue weighted by molar-refractivity contribution is 9.10. The van der Waals surface area contributed by atoms with Crippen molar-refractivity contribution in [3.05, 3.63) is 52.3 Å². The predicted octanol–water partition coefficient (Wildman–Crippen LogP) is 3.62. The fourth-order valence-electron chi connectivity index (χ4n) is 3.06. The fraction of sp³-hybridized carbons (Fsp3) is 0.375. The Kier molecular flexibility index (Phi) is 4.18. The van der Waals surface area contributed by atoms with Crippen molar-refractivity contribution in [3.63, 3.8) is 0 Å². The van der Waals surface area contributed by atoms with Crippen LogP contribution in [0.15, 0.2) is 45.9 Å². The van der Waals surface area contributed by atoms with Crippen LogP contribution in [0.4, 0.5) is 0 Å². The first-order valence-corrected chi connectivity index (χ1v) is 9.54. The van der Waals surface area contributed by atoms with E-state index in [0.717, 1.165) is 28.6 Å². The summed E-state index contributed by atoms with van der Waals surface area (Å²) < 4.78 is 30.6. The Labute approximate surface area is 139 Å². The zero-order valence-electron chi connectivity index (χ0n) is 12.7. The van der Waals surface area contributed by atoms with Crippen LogP contribution in [0.5, 0.6) is 0 Å². The lowest BCUT2D eigenvalue weighted by Crippen LogP contribution is -2.31. The molecular formula is C16H19BrN2O2S. The second-order valence-electron chi connectivity index (χ2n) is 5.73. The number of rotatable bonds is 3. The summed E-state index contributed by atoms with van der Waals surface area (Å²) >= 11 is 3.42. The third kappa shape index (κ3) is 2.64. The molecule has 6 heteroatoms.